The monoisotopic (exact) mass is 389 g/mol. The normalized spacial score (nSPS) is 11.1. The fourth-order valence-corrected chi connectivity index (χ4v) is 2.95. The van der Waals surface area contributed by atoms with E-state index in [9.17, 15) is 18.0 Å². The molecule has 0 atom stereocenters. The van der Waals surface area contributed by atoms with Crippen LogP contribution in [0.4, 0.5) is 11.4 Å². The minimum absolute atomic E-state index is 0.0353. The molecule has 8 heteroatoms. The molecule has 0 fully saturated rings. The zero-order valence-electron chi connectivity index (χ0n) is 15.7. The first-order chi connectivity index (χ1) is 12.5. The van der Waals surface area contributed by atoms with Crippen molar-refractivity contribution in [3.63, 3.8) is 0 Å². The van der Waals surface area contributed by atoms with Gasteiger partial charge in [-0.2, -0.15) is 0 Å². The largest absolute Gasteiger partial charge is 0.350 e. The molecule has 0 aliphatic heterocycles. The third kappa shape index (κ3) is 6.10. The second-order valence-corrected chi connectivity index (χ2v) is 8.31. The summed E-state index contributed by atoms with van der Waals surface area (Å²) in [6.45, 7) is 5.50. The molecule has 0 saturated carbocycles. The molecule has 2 aromatic carbocycles. The van der Waals surface area contributed by atoms with Gasteiger partial charge in [-0.15, -0.1) is 0 Å². The molecule has 0 spiro atoms. The van der Waals surface area contributed by atoms with E-state index in [-0.39, 0.29) is 17.9 Å². The summed E-state index contributed by atoms with van der Waals surface area (Å²) in [4.78, 5) is 24.4. The van der Waals surface area contributed by atoms with Crippen molar-refractivity contribution in [2.45, 2.75) is 26.8 Å². The maximum atomic E-state index is 12.4. The van der Waals surface area contributed by atoms with Crippen LogP contribution in [-0.4, -0.2) is 32.5 Å². The highest BCUT2D eigenvalue weighted by Gasteiger charge is 2.12. The van der Waals surface area contributed by atoms with E-state index >= 15 is 0 Å². The minimum Gasteiger partial charge on any atom is -0.350 e. The lowest BCUT2D eigenvalue weighted by Gasteiger charge is -2.11. The van der Waals surface area contributed by atoms with Gasteiger partial charge in [-0.05, 0) is 62.7 Å². The van der Waals surface area contributed by atoms with Gasteiger partial charge in [-0.1, -0.05) is 6.07 Å². The molecule has 3 N–H and O–H groups in total. The van der Waals surface area contributed by atoms with E-state index in [2.05, 4.69) is 15.4 Å². The smallest absolute Gasteiger partial charge is 0.255 e. The molecule has 0 bridgehead atoms. The number of benzene rings is 2. The van der Waals surface area contributed by atoms with Crippen LogP contribution >= 0.6 is 0 Å². The van der Waals surface area contributed by atoms with Crippen molar-refractivity contribution in [3.05, 3.63) is 59.2 Å². The third-order valence-electron chi connectivity index (χ3n) is 3.62. The van der Waals surface area contributed by atoms with Crippen LogP contribution in [-0.2, 0) is 10.0 Å². The van der Waals surface area contributed by atoms with E-state index in [0.717, 1.165) is 6.26 Å². The molecule has 7 nitrogen and oxygen atoms in total. The Bertz CT molecular complexity index is 951. The zero-order chi connectivity index (χ0) is 20.2. The van der Waals surface area contributed by atoms with Crippen LogP contribution in [0.15, 0.2) is 42.5 Å². The van der Waals surface area contributed by atoms with Gasteiger partial charge in [0.25, 0.3) is 11.8 Å². The summed E-state index contributed by atoms with van der Waals surface area (Å²) >= 11 is 0. The third-order valence-corrected chi connectivity index (χ3v) is 4.21. The molecule has 0 aromatic heterocycles. The number of amides is 2. The molecule has 0 radical (unpaired) electrons. The Balaban J connectivity index is 2.13. The fourth-order valence-electron chi connectivity index (χ4n) is 2.33. The number of rotatable bonds is 6. The summed E-state index contributed by atoms with van der Waals surface area (Å²) < 4.78 is 25.3. The van der Waals surface area contributed by atoms with Crippen LogP contribution in [0.3, 0.4) is 0 Å². The Kier molecular flexibility index (Phi) is 6.22. The predicted molar refractivity (Wildman–Crippen MR) is 107 cm³/mol. The lowest BCUT2D eigenvalue weighted by molar-refractivity contribution is 0.0942. The number of nitrogens with one attached hydrogen (secondary N) is 3. The van der Waals surface area contributed by atoms with E-state index in [1.807, 2.05) is 13.8 Å². The van der Waals surface area contributed by atoms with Gasteiger partial charge in [0, 0.05) is 22.9 Å². The summed E-state index contributed by atoms with van der Waals surface area (Å²) in [5.74, 6) is -0.566. The summed E-state index contributed by atoms with van der Waals surface area (Å²) in [7, 11) is -3.44. The van der Waals surface area contributed by atoms with Gasteiger partial charge in [0.2, 0.25) is 10.0 Å². The number of sulfonamides is 1. The Hall–Kier alpha value is -2.87. The van der Waals surface area contributed by atoms with Crippen molar-refractivity contribution in [2.75, 3.05) is 16.3 Å². The van der Waals surface area contributed by atoms with Crippen LogP contribution in [0.2, 0.25) is 0 Å². The molecular weight excluding hydrogens is 366 g/mol. The maximum absolute atomic E-state index is 12.4. The maximum Gasteiger partial charge on any atom is 0.255 e. The first kappa shape index (κ1) is 20.4. The van der Waals surface area contributed by atoms with Gasteiger partial charge in [-0.25, -0.2) is 8.42 Å². The summed E-state index contributed by atoms with van der Waals surface area (Å²) in [6.07, 6.45) is 1.05. The number of aryl methyl sites for hydroxylation is 1. The van der Waals surface area contributed by atoms with Crippen molar-refractivity contribution in [2.24, 2.45) is 0 Å². The highest BCUT2D eigenvalue weighted by Crippen LogP contribution is 2.19. The van der Waals surface area contributed by atoms with Crippen molar-refractivity contribution in [1.29, 1.82) is 0 Å². The van der Waals surface area contributed by atoms with Crippen molar-refractivity contribution in [1.82, 2.24) is 5.32 Å². The topological polar surface area (TPSA) is 104 Å². The first-order valence-corrected chi connectivity index (χ1v) is 10.2. The molecule has 0 unspecified atom stereocenters. The molecule has 0 saturated heterocycles. The number of carbonyl (C=O) groups excluding carboxylic acids is 2. The standard InChI is InChI=1S/C19H23N3O4S/c1-12(2)20-18(23)14-7-9-16(10-8-14)21-19(24)15-6-5-13(3)17(11-15)22-27(4,25)26/h5-12,22H,1-4H3,(H,20,23)(H,21,24). The van der Waals surface area contributed by atoms with E-state index in [1.165, 1.54) is 6.07 Å². The van der Waals surface area contributed by atoms with Crippen LogP contribution in [0, 0.1) is 6.92 Å². The van der Waals surface area contributed by atoms with E-state index in [4.69, 9.17) is 0 Å². The SMILES string of the molecule is Cc1ccc(C(=O)Nc2ccc(C(=O)NC(C)C)cc2)cc1NS(C)(=O)=O. The quantitative estimate of drug-likeness (QED) is 0.706. The fraction of sp³-hybridized carbons (Fsp3) is 0.263. The van der Waals surface area contributed by atoms with Gasteiger partial charge in [0.1, 0.15) is 0 Å². The minimum atomic E-state index is -3.44. The van der Waals surface area contributed by atoms with Gasteiger partial charge in [0.15, 0.2) is 0 Å². The predicted octanol–water partition coefficient (Wildman–Crippen LogP) is 2.76. The number of carbonyl (C=O) groups is 2. The number of hydrogen-bond acceptors (Lipinski definition) is 4. The molecule has 2 aromatic rings. The van der Waals surface area contributed by atoms with Gasteiger partial charge in [-0.3, -0.25) is 14.3 Å². The Morgan fingerprint density at radius 2 is 1.52 bits per heavy atom. The second-order valence-electron chi connectivity index (χ2n) is 6.56. The van der Waals surface area contributed by atoms with E-state index in [1.54, 1.807) is 43.3 Å². The lowest BCUT2D eigenvalue weighted by Crippen LogP contribution is -2.30. The first-order valence-electron chi connectivity index (χ1n) is 8.36. The molecular formula is C19H23N3O4S. The molecule has 0 aliphatic rings. The molecule has 0 aliphatic carbocycles. The van der Waals surface area contributed by atoms with E-state index < -0.39 is 10.0 Å². The van der Waals surface area contributed by atoms with Crippen molar-refractivity contribution in [3.8, 4) is 0 Å². The Morgan fingerprint density at radius 3 is 2.07 bits per heavy atom. The summed E-state index contributed by atoms with van der Waals surface area (Å²) in [5.41, 5.74) is 2.40. The van der Waals surface area contributed by atoms with Crippen molar-refractivity contribution >= 4 is 33.2 Å². The van der Waals surface area contributed by atoms with Crippen molar-refractivity contribution < 1.29 is 18.0 Å². The van der Waals surface area contributed by atoms with E-state index in [0.29, 0.717) is 28.1 Å². The average Bonchev–Trinajstić information content (AvgIpc) is 2.55. The molecule has 0 heterocycles. The molecule has 144 valence electrons. The number of hydrogen-bond donors (Lipinski definition) is 3. The molecule has 27 heavy (non-hydrogen) atoms. The second kappa shape index (κ2) is 8.22. The Labute approximate surface area is 159 Å². The highest BCUT2D eigenvalue weighted by molar-refractivity contribution is 7.92. The number of anilines is 2. The lowest BCUT2D eigenvalue weighted by atomic mass is 10.1. The van der Waals surface area contributed by atoms with Gasteiger partial charge in [0.05, 0.1) is 11.9 Å². The summed E-state index contributed by atoms with van der Waals surface area (Å²) in [6, 6.07) is 11.3. The van der Waals surface area contributed by atoms with Gasteiger partial charge < -0.3 is 10.6 Å². The van der Waals surface area contributed by atoms with Crippen LogP contribution in [0.5, 0.6) is 0 Å². The van der Waals surface area contributed by atoms with Crippen LogP contribution < -0.4 is 15.4 Å². The van der Waals surface area contributed by atoms with Gasteiger partial charge >= 0.3 is 0 Å². The zero-order valence-corrected chi connectivity index (χ0v) is 16.5. The average molecular weight is 389 g/mol. The van der Waals surface area contributed by atoms with Crippen LogP contribution in [0.25, 0.3) is 0 Å². The molecule has 2 amide bonds. The van der Waals surface area contributed by atoms with Crippen LogP contribution in [0.1, 0.15) is 40.1 Å². The summed E-state index contributed by atoms with van der Waals surface area (Å²) in [5, 5.41) is 5.52. The molecule has 2 rings (SSSR count). The Morgan fingerprint density at radius 1 is 0.926 bits per heavy atom. The highest BCUT2D eigenvalue weighted by atomic mass is 32.2.